The molecule has 27 heavy (non-hydrogen) atoms. The summed E-state index contributed by atoms with van der Waals surface area (Å²) in [5.41, 5.74) is 1.01. The Morgan fingerprint density at radius 3 is 2.78 bits per heavy atom. The van der Waals surface area contributed by atoms with Crippen molar-refractivity contribution in [2.75, 3.05) is 5.75 Å². The van der Waals surface area contributed by atoms with Gasteiger partial charge in [0.2, 0.25) is 5.91 Å². The smallest absolute Gasteiger partial charge is 0.321 e. The number of fused-ring (bicyclic) bond motifs is 3. The zero-order chi connectivity index (χ0) is 18.8. The minimum atomic E-state index is -0.449. The molecule has 0 aromatic carbocycles. The maximum atomic E-state index is 12.5. The van der Waals surface area contributed by atoms with Crippen LogP contribution in [0.3, 0.4) is 0 Å². The lowest BCUT2D eigenvalue weighted by Crippen LogP contribution is -2.44. The van der Waals surface area contributed by atoms with E-state index in [1.165, 1.54) is 4.88 Å². The third kappa shape index (κ3) is 4.19. The number of thioether (sulfide) groups is 1. The van der Waals surface area contributed by atoms with Crippen LogP contribution in [0.15, 0.2) is 9.95 Å². The summed E-state index contributed by atoms with van der Waals surface area (Å²) >= 11 is 2.72. The largest absolute Gasteiger partial charge is 0.335 e. The fourth-order valence-corrected chi connectivity index (χ4v) is 5.78. The Labute approximate surface area is 164 Å². The van der Waals surface area contributed by atoms with E-state index in [4.69, 9.17) is 0 Å². The second-order valence-corrected chi connectivity index (χ2v) is 9.10. The Bertz CT molecular complexity index is 931. The quantitative estimate of drug-likeness (QED) is 0.535. The van der Waals surface area contributed by atoms with E-state index in [1.54, 1.807) is 11.3 Å². The Balaban J connectivity index is 1.37. The summed E-state index contributed by atoms with van der Waals surface area (Å²) in [4.78, 5) is 45.6. The lowest BCUT2D eigenvalue weighted by molar-refractivity contribution is -0.117. The SMILES string of the molecule is O=C(CSc1nc2sc3c(c2c(=O)[nH]1)CCCC3)NC(=O)NC1CCCC1. The predicted octanol–water partition coefficient (Wildman–Crippen LogP) is 2.72. The highest BCUT2D eigenvalue weighted by Crippen LogP contribution is 2.34. The van der Waals surface area contributed by atoms with E-state index in [2.05, 4.69) is 20.6 Å². The van der Waals surface area contributed by atoms with Gasteiger partial charge in [0.15, 0.2) is 5.16 Å². The zero-order valence-corrected chi connectivity index (χ0v) is 16.6. The van der Waals surface area contributed by atoms with Gasteiger partial charge in [0.1, 0.15) is 4.83 Å². The van der Waals surface area contributed by atoms with Crippen molar-refractivity contribution in [1.29, 1.82) is 0 Å². The topological polar surface area (TPSA) is 104 Å². The molecule has 2 aromatic heterocycles. The second-order valence-electron chi connectivity index (χ2n) is 7.05. The van der Waals surface area contributed by atoms with Crippen molar-refractivity contribution < 1.29 is 9.59 Å². The Hall–Kier alpha value is -1.87. The van der Waals surface area contributed by atoms with E-state index in [0.29, 0.717) is 10.5 Å². The number of amides is 3. The molecule has 1 saturated carbocycles. The molecule has 2 aromatic rings. The van der Waals surface area contributed by atoms with Crippen LogP contribution in [0.5, 0.6) is 0 Å². The van der Waals surface area contributed by atoms with Gasteiger partial charge in [0.05, 0.1) is 11.1 Å². The molecule has 2 heterocycles. The number of nitrogens with zero attached hydrogens (tertiary/aromatic N) is 1. The van der Waals surface area contributed by atoms with Gasteiger partial charge in [-0.25, -0.2) is 9.78 Å². The third-order valence-corrected chi connectivity index (χ3v) is 7.15. The second kappa shape index (κ2) is 8.02. The first-order chi connectivity index (χ1) is 13.1. The number of hydrogen-bond donors (Lipinski definition) is 3. The van der Waals surface area contributed by atoms with E-state index >= 15 is 0 Å². The molecule has 3 N–H and O–H groups in total. The summed E-state index contributed by atoms with van der Waals surface area (Å²) < 4.78 is 0. The van der Waals surface area contributed by atoms with E-state index < -0.39 is 11.9 Å². The lowest BCUT2D eigenvalue weighted by Gasteiger charge is -2.12. The van der Waals surface area contributed by atoms with Crippen molar-refractivity contribution in [1.82, 2.24) is 20.6 Å². The van der Waals surface area contributed by atoms with E-state index in [9.17, 15) is 14.4 Å². The monoisotopic (exact) mass is 406 g/mol. The van der Waals surface area contributed by atoms with Crippen LogP contribution >= 0.6 is 23.1 Å². The van der Waals surface area contributed by atoms with Gasteiger partial charge >= 0.3 is 6.03 Å². The number of carbonyl (C=O) groups excluding carboxylic acids is 2. The minimum Gasteiger partial charge on any atom is -0.335 e. The van der Waals surface area contributed by atoms with E-state index in [1.807, 2.05) is 0 Å². The molecule has 0 saturated heterocycles. The number of aryl methyl sites for hydroxylation is 2. The van der Waals surface area contributed by atoms with Crippen molar-refractivity contribution >= 4 is 45.3 Å². The first kappa shape index (κ1) is 18.5. The molecule has 0 atom stereocenters. The molecule has 3 amide bonds. The van der Waals surface area contributed by atoms with Gasteiger partial charge in [0, 0.05) is 10.9 Å². The molecular weight excluding hydrogens is 384 g/mol. The summed E-state index contributed by atoms with van der Waals surface area (Å²) in [6, 6.07) is -0.286. The summed E-state index contributed by atoms with van der Waals surface area (Å²) in [7, 11) is 0. The van der Waals surface area contributed by atoms with Crippen molar-refractivity contribution in [3.8, 4) is 0 Å². The maximum Gasteiger partial charge on any atom is 0.321 e. The molecule has 4 rings (SSSR count). The molecule has 0 radical (unpaired) electrons. The molecule has 0 spiro atoms. The van der Waals surface area contributed by atoms with Crippen LogP contribution < -0.4 is 16.2 Å². The normalized spacial score (nSPS) is 17.0. The molecule has 2 aliphatic carbocycles. The van der Waals surface area contributed by atoms with Gasteiger partial charge in [0.25, 0.3) is 5.56 Å². The molecule has 2 aliphatic rings. The molecule has 9 heteroatoms. The zero-order valence-electron chi connectivity index (χ0n) is 14.9. The Morgan fingerprint density at radius 1 is 1.19 bits per heavy atom. The number of imide groups is 1. The predicted molar refractivity (Wildman–Crippen MR) is 107 cm³/mol. The Morgan fingerprint density at radius 2 is 1.96 bits per heavy atom. The van der Waals surface area contributed by atoms with Crippen molar-refractivity contribution in [3.05, 3.63) is 20.8 Å². The third-order valence-electron chi connectivity index (χ3n) is 5.09. The van der Waals surface area contributed by atoms with Crippen molar-refractivity contribution in [3.63, 3.8) is 0 Å². The fourth-order valence-electron chi connectivity index (χ4n) is 3.80. The minimum absolute atomic E-state index is 0.0254. The summed E-state index contributed by atoms with van der Waals surface area (Å²) in [5.74, 6) is -0.374. The number of thiophene rings is 1. The summed E-state index contributed by atoms with van der Waals surface area (Å²) in [5, 5.41) is 6.28. The summed E-state index contributed by atoms with van der Waals surface area (Å²) in [6.45, 7) is 0. The van der Waals surface area contributed by atoms with E-state index in [-0.39, 0.29) is 17.4 Å². The number of aromatic amines is 1. The molecule has 144 valence electrons. The first-order valence-electron chi connectivity index (χ1n) is 9.38. The maximum absolute atomic E-state index is 12.5. The number of aromatic nitrogens is 2. The average Bonchev–Trinajstić information content (AvgIpc) is 3.26. The van der Waals surface area contributed by atoms with Crippen LogP contribution in [-0.2, 0) is 17.6 Å². The average molecular weight is 407 g/mol. The molecule has 0 unspecified atom stereocenters. The van der Waals surface area contributed by atoms with Gasteiger partial charge in [-0.15, -0.1) is 11.3 Å². The van der Waals surface area contributed by atoms with Gasteiger partial charge in [-0.3, -0.25) is 14.9 Å². The molecular formula is C18H22N4O3S2. The van der Waals surface area contributed by atoms with Crippen LogP contribution in [0, 0.1) is 0 Å². The Kier molecular flexibility index (Phi) is 5.49. The van der Waals surface area contributed by atoms with Crippen LogP contribution in [0.4, 0.5) is 4.79 Å². The molecule has 1 fully saturated rings. The first-order valence-corrected chi connectivity index (χ1v) is 11.2. The van der Waals surface area contributed by atoms with Crippen molar-refractivity contribution in [2.24, 2.45) is 0 Å². The number of urea groups is 1. The lowest BCUT2D eigenvalue weighted by atomic mass is 9.97. The highest BCUT2D eigenvalue weighted by atomic mass is 32.2. The van der Waals surface area contributed by atoms with Gasteiger partial charge in [-0.1, -0.05) is 24.6 Å². The highest BCUT2D eigenvalue weighted by Gasteiger charge is 2.21. The molecule has 7 nitrogen and oxygen atoms in total. The summed E-state index contributed by atoms with van der Waals surface area (Å²) in [6.07, 6.45) is 8.37. The van der Waals surface area contributed by atoms with Gasteiger partial charge in [-0.05, 0) is 44.1 Å². The van der Waals surface area contributed by atoms with Crippen LogP contribution in [0.2, 0.25) is 0 Å². The van der Waals surface area contributed by atoms with Crippen LogP contribution in [0.25, 0.3) is 10.2 Å². The van der Waals surface area contributed by atoms with Crippen LogP contribution in [-0.4, -0.2) is 33.7 Å². The van der Waals surface area contributed by atoms with Crippen LogP contribution in [0.1, 0.15) is 49.0 Å². The molecule has 0 bridgehead atoms. The van der Waals surface area contributed by atoms with Crippen molar-refractivity contribution in [2.45, 2.75) is 62.6 Å². The number of hydrogen-bond acceptors (Lipinski definition) is 6. The van der Waals surface area contributed by atoms with E-state index in [0.717, 1.165) is 73.5 Å². The molecule has 0 aliphatic heterocycles. The number of nitrogens with one attached hydrogen (secondary N) is 3. The fraction of sp³-hybridized carbons (Fsp3) is 0.556. The number of rotatable bonds is 4. The van der Waals surface area contributed by atoms with Gasteiger partial charge < -0.3 is 10.3 Å². The highest BCUT2D eigenvalue weighted by molar-refractivity contribution is 7.99. The van der Waals surface area contributed by atoms with Gasteiger partial charge in [-0.2, -0.15) is 0 Å². The number of carbonyl (C=O) groups is 2. The number of H-pyrrole nitrogens is 1. The standard InChI is InChI=1S/C18H22N4O3S2/c23-13(20-17(25)19-10-5-1-2-6-10)9-26-18-21-15(24)14-11-7-3-4-8-12(11)27-16(14)22-18/h10H,1-9H2,(H,21,22,24)(H2,19,20,23,25).